The second-order valence-electron chi connectivity index (χ2n) is 3.49. The SMILES string of the molecule is CCn1cc(N)cc1C(=O)OCc1cncs1. The molecule has 0 bridgehead atoms. The standard InChI is InChI=1S/C11H13N3O2S/c1-2-14-5-8(12)3-10(14)11(15)16-6-9-4-13-7-17-9/h3-5,7H,2,6,12H2,1H3. The highest BCUT2D eigenvalue weighted by Gasteiger charge is 2.13. The number of hydrogen-bond acceptors (Lipinski definition) is 5. The highest BCUT2D eigenvalue weighted by Crippen LogP contribution is 2.14. The van der Waals surface area contributed by atoms with Gasteiger partial charge >= 0.3 is 5.97 Å². The number of carbonyl (C=O) groups excluding carboxylic acids is 1. The molecule has 0 spiro atoms. The number of nitrogens with zero attached hydrogens (tertiary/aromatic N) is 2. The van der Waals surface area contributed by atoms with Gasteiger partial charge in [0.1, 0.15) is 12.3 Å². The summed E-state index contributed by atoms with van der Waals surface area (Å²) in [6.07, 6.45) is 3.41. The number of nitrogen functional groups attached to an aromatic ring is 1. The van der Waals surface area contributed by atoms with E-state index in [2.05, 4.69) is 4.98 Å². The molecule has 2 aromatic heterocycles. The topological polar surface area (TPSA) is 70.1 Å². The lowest BCUT2D eigenvalue weighted by atomic mass is 10.4. The molecule has 0 aliphatic rings. The Morgan fingerprint density at radius 3 is 3.12 bits per heavy atom. The molecule has 0 atom stereocenters. The average Bonchev–Trinajstić information content (AvgIpc) is 2.94. The Balaban J connectivity index is 2.04. The fourth-order valence-electron chi connectivity index (χ4n) is 1.49. The van der Waals surface area contributed by atoms with E-state index in [0.29, 0.717) is 17.9 Å². The van der Waals surface area contributed by atoms with Gasteiger partial charge in [0.15, 0.2) is 0 Å². The minimum atomic E-state index is -0.364. The van der Waals surface area contributed by atoms with Gasteiger partial charge in [-0.2, -0.15) is 0 Å². The van der Waals surface area contributed by atoms with Crippen molar-refractivity contribution >= 4 is 23.0 Å². The van der Waals surface area contributed by atoms with Crippen molar-refractivity contribution in [2.75, 3.05) is 5.73 Å². The first-order chi connectivity index (χ1) is 8.20. The van der Waals surface area contributed by atoms with Crippen molar-refractivity contribution in [3.05, 3.63) is 34.5 Å². The van der Waals surface area contributed by atoms with Crippen LogP contribution in [0.4, 0.5) is 5.69 Å². The van der Waals surface area contributed by atoms with Gasteiger partial charge in [0.25, 0.3) is 0 Å². The molecule has 2 rings (SSSR count). The van der Waals surface area contributed by atoms with Crippen molar-refractivity contribution in [1.82, 2.24) is 9.55 Å². The Morgan fingerprint density at radius 2 is 2.47 bits per heavy atom. The summed E-state index contributed by atoms with van der Waals surface area (Å²) in [5, 5.41) is 0. The average molecular weight is 251 g/mol. The van der Waals surface area contributed by atoms with Gasteiger partial charge in [-0.1, -0.05) is 0 Å². The van der Waals surface area contributed by atoms with Crippen LogP contribution >= 0.6 is 11.3 Å². The third-order valence-electron chi connectivity index (χ3n) is 2.30. The minimum Gasteiger partial charge on any atom is -0.455 e. The molecule has 0 aromatic carbocycles. The summed E-state index contributed by atoms with van der Waals surface area (Å²) in [7, 11) is 0. The maximum atomic E-state index is 11.8. The van der Waals surface area contributed by atoms with E-state index >= 15 is 0 Å². The summed E-state index contributed by atoms with van der Waals surface area (Å²) in [5.41, 5.74) is 8.40. The van der Waals surface area contributed by atoms with Crippen molar-refractivity contribution < 1.29 is 9.53 Å². The van der Waals surface area contributed by atoms with Gasteiger partial charge in [0.05, 0.1) is 16.1 Å². The summed E-state index contributed by atoms with van der Waals surface area (Å²) in [4.78, 5) is 16.6. The Bertz CT molecular complexity index is 505. The molecule has 2 heterocycles. The van der Waals surface area contributed by atoms with Gasteiger partial charge in [0, 0.05) is 18.9 Å². The highest BCUT2D eigenvalue weighted by atomic mass is 32.1. The fraction of sp³-hybridized carbons (Fsp3) is 0.273. The van der Waals surface area contributed by atoms with Crippen molar-refractivity contribution in [3.8, 4) is 0 Å². The number of carbonyl (C=O) groups is 1. The molecular formula is C11H13N3O2S. The van der Waals surface area contributed by atoms with Crippen LogP contribution in [0.1, 0.15) is 22.3 Å². The molecule has 5 nitrogen and oxygen atoms in total. The zero-order chi connectivity index (χ0) is 12.3. The van der Waals surface area contributed by atoms with Crippen LogP contribution in [0.25, 0.3) is 0 Å². The normalized spacial score (nSPS) is 10.4. The van der Waals surface area contributed by atoms with Gasteiger partial charge in [-0.25, -0.2) is 4.79 Å². The summed E-state index contributed by atoms with van der Waals surface area (Å²) < 4.78 is 6.95. The Morgan fingerprint density at radius 1 is 1.65 bits per heavy atom. The number of aryl methyl sites for hydroxylation is 1. The number of anilines is 1. The Kier molecular flexibility index (Phi) is 3.43. The molecule has 0 aliphatic carbocycles. The lowest BCUT2D eigenvalue weighted by Gasteiger charge is -2.05. The lowest BCUT2D eigenvalue weighted by Crippen LogP contribution is -2.10. The van der Waals surface area contributed by atoms with Crippen molar-refractivity contribution in [3.63, 3.8) is 0 Å². The zero-order valence-electron chi connectivity index (χ0n) is 9.42. The van der Waals surface area contributed by atoms with Crippen LogP contribution in [0.15, 0.2) is 24.0 Å². The molecule has 2 aromatic rings. The first-order valence-electron chi connectivity index (χ1n) is 5.21. The van der Waals surface area contributed by atoms with Crippen molar-refractivity contribution in [1.29, 1.82) is 0 Å². The highest BCUT2D eigenvalue weighted by molar-refractivity contribution is 7.09. The summed E-state index contributed by atoms with van der Waals surface area (Å²) in [6.45, 7) is 2.87. The molecular weight excluding hydrogens is 238 g/mol. The minimum absolute atomic E-state index is 0.248. The molecule has 6 heteroatoms. The van der Waals surface area contributed by atoms with Gasteiger partial charge < -0.3 is 15.0 Å². The van der Waals surface area contributed by atoms with E-state index in [-0.39, 0.29) is 12.6 Å². The second kappa shape index (κ2) is 5.01. The molecule has 0 aliphatic heterocycles. The van der Waals surface area contributed by atoms with Crippen LogP contribution in [0, 0.1) is 0 Å². The molecule has 0 radical (unpaired) electrons. The monoisotopic (exact) mass is 251 g/mol. The molecule has 17 heavy (non-hydrogen) atoms. The predicted octanol–water partition coefficient (Wildman–Crippen LogP) is 1.90. The second-order valence-corrected chi connectivity index (χ2v) is 4.46. The molecule has 0 fully saturated rings. The molecule has 0 saturated carbocycles. The third kappa shape index (κ3) is 2.65. The van der Waals surface area contributed by atoms with E-state index in [1.165, 1.54) is 11.3 Å². The van der Waals surface area contributed by atoms with Crippen molar-refractivity contribution in [2.45, 2.75) is 20.1 Å². The van der Waals surface area contributed by atoms with E-state index in [4.69, 9.17) is 10.5 Å². The van der Waals surface area contributed by atoms with Gasteiger partial charge in [-0.3, -0.25) is 4.98 Å². The zero-order valence-corrected chi connectivity index (χ0v) is 10.2. The van der Waals surface area contributed by atoms with E-state index in [9.17, 15) is 4.79 Å². The molecule has 0 unspecified atom stereocenters. The number of nitrogens with two attached hydrogens (primary N) is 1. The maximum Gasteiger partial charge on any atom is 0.355 e. The van der Waals surface area contributed by atoms with E-state index in [1.54, 1.807) is 28.5 Å². The molecule has 90 valence electrons. The van der Waals surface area contributed by atoms with E-state index in [0.717, 1.165) is 4.88 Å². The number of aromatic nitrogens is 2. The first kappa shape index (κ1) is 11.7. The van der Waals surface area contributed by atoms with Gasteiger partial charge in [0.2, 0.25) is 0 Å². The van der Waals surface area contributed by atoms with E-state index < -0.39 is 0 Å². The van der Waals surface area contributed by atoms with E-state index in [1.807, 2.05) is 6.92 Å². The van der Waals surface area contributed by atoms with Crippen LogP contribution in [-0.4, -0.2) is 15.5 Å². The van der Waals surface area contributed by atoms with Gasteiger partial charge in [-0.15, -0.1) is 11.3 Å². The summed E-state index contributed by atoms with van der Waals surface area (Å²) in [5.74, 6) is -0.364. The molecule has 0 saturated heterocycles. The summed E-state index contributed by atoms with van der Waals surface area (Å²) in [6, 6.07) is 1.62. The van der Waals surface area contributed by atoms with Crippen LogP contribution in [0.2, 0.25) is 0 Å². The molecule has 0 amide bonds. The van der Waals surface area contributed by atoms with Gasteiger partial charge in [-0.05, 0) is 13.0 Å². The fourth-order valence-corrected chi connectivity index (χ4v) is 2.00. The van der Waals surface area contributed by atoms with Crippen LogP contribution in [-0.2, 0) is 17.9 Å². The number of thiazole rings is 1. The predicted molar refractivity (Wildman–Crippen MR) is 65.8 cm³/mol. The molecule has 2 N–H and O–H groups in total. The lowest BCUT2D eigenvalue weighted by molar-refractivity contribution is 0.0464. The Labute approximate surface area is 103 Å². The smallest absolute Gasteiger partial charge is 0.355 e. The number of ether oxygens (including phenoxy) is 1. The number of rotatable bonds is 4. The maximum absolute atomic E-state index is 11.8. The largest absolute Gasteiger partial charge is 0.455 e. The van der Waals surface area contributed by atoms with Crippen LogP contribution < -0.4 is 5.73 Å². The van der Waals surface area contributed by atoms with Crippen molar-refractivity contribution in [2.24, 2.45) is 0 Å². The number of hydrogen-bond donors (Lipinski definition) is 1. The quantitative estimate of drug-likeness (QED) is 0.842. The summed E-state index contributed by atoms with van der Waals surface area (Å²) >= 11 is 1.46. The van der Waals surface area contributed by atoms with Crippen LogP contribution in [0.3, 0.4) is 0 Å². The van der Waals surface area contributed by atoms with Crippen LogP contribution in [0.5, 0.6) is 0 Å². The first-order valence-corrected chi connectivity index (χ1v) is 6.08. The third-order valence-corrected chi connectivity index (χ3v) is 3.05. The Hall–Kier alpha value is -1.82. The number of esters is 1.